The van der Waals surface area contributed by atoms with Crippen molar-refractivity contribution in [2.45, 2.75) is 13.3 Å². The molecule has 60 valence electrons. The van der Waals surface area contributed by atoms with E-state index in [4.69, 9.17) is 10.4 Å². The van der Waals surface area contributed by atoms with Crippen LogP contribution in [0.15, 0.2) is 0 Å². The van der Waals surface area contributed by atoms with E-state index in [0.29, 0.717) is 19.5 Å². The zero-order chi connectivity index (χ0) is 8.48. The maximum atomic E-state index is 10.4. The van der Waals surface area contributed by atoms with Gasteiger partial charge in [-0.1, -0.05) is 0 Å². The highest BCUT2D eigenvalue weighted by Gasteiger charge is 2.35. The minimum Gasteiger partial charge on any atom is -0.465 e. The Labute approximate surface area is 65.0 Å². The Kier molecular flexibility index (Phi) is 1.73. The number of carboxylic acid groups (broad SMARTS) is 1. The molecule has 1 aliphatic heterocycles. The number of nitriles is 1. The molecular formula is C7H10N2O2. The molecule has 0 unspecified atom stereocenters. The minimum absolute atomic E-state index is 0.346. The van der Waals surface area contributed by atoms with Gasteiger partial charge in [-0.3, -0.25) is 0 Å². The molecule has 1 fully saturated rings. The van der Waals surface area contributed by atoms with Gasteiger partial charge in [-0.2, -0.15) is 5.26 Å². The minimum atomic E-state index is -0.927. The van der Waals surface area contributed by atoms with E-state index in [1.807, 2.05) is 0 Å². The van der Waals surface area contributed by atoms with E-state index in [0.717, 1.165) is 0 Å². The zero-order valence-corrected chi connectivity index (χ0v) is 6.37. The normalized spacial score (nSPS) is 30.0. The molecular weight excluding hydrogens is 144 g/mol. The van der Waals surface area contributed by atoms with Gasteiger partial charge in [-0.15, -0.1) is 0 Å². The first-order valence-electron chi connectivity index (χ1n) is 3.46. The quantitative estimate of drug-likeness (QED) is 0.563. The third-order valence-corrected chi connectivity index (χ3v) is 2.01. The van der Waals surface area contributed by atoms with E-state index >= 15 is 0 Å². The molecule has 0 aliphatic carbocycles. The van der Waals surface area contributed by atoms with Gasteiger partial charge in [-0.05, 0) is 13.3 Å². The summed E-state index contributed by atoms with van der Waals surface area (Å²) in [6, 6.07) is 2.12. The van der Waals surface area contributed by atoms with Crippen molar-refractivity contribution in [2.24, 2.45) is 5.41 Å². The van der Waals surface area contributed by atoms with Gasteiger partial charge in [0, 0.05) is 13.1 Å². The van der Waals surface area contributed by atoms with Crippen molar-refractivity contribution >= 4 is 6.09 Å². The molecule has 1 rings (SSSR count). The summed E-state index contributed by atoms with van der Waals surface area (Å²) in [6.45, 7) is 2.62. The number of hydrogen-bond donors (Lipinski definition) is 1. The highest BCUT2D eigenvalue weighted by atomic mass is 16.4. The molecule has 0 spiro atoms. The highest BCUT2D eigenvalue weighted by Crippen LogP contribution is 2.28. The molecule has 0 saturated carbocycles. The highest BCUT2D eigenvalue weighted by molar-refractivity contribution is 5.65. The maximum absolute atomic E-state index is 10.4. The van der Waals surface area contributed by atoms with Gasteiger partial charge < -0.3 is 10.0 Å². The van der Waals surface area contributed by atoms with Gasteiger partial charge in [0.1, 0.15) is 0 Å². The molecule has 1 aliphatic rings. The molecule has 1 saturated heterocycles. The number of likely N-dealkylation sites (tertiary alicyclic amines) is 1. The van der Waals surface area contributed by atoms with Crippen molar-refractivity contribution in [1.29, 1.82) is 5.26 Å². The van der Waals surface area contributed by atoms with Crippen LogP contribution in [0.4, 0.5) is 4.79 Å². The number of nitrogens with zero attached hydrogens (tertiary/aromatic N) is 2. The van der Waals surface area contributed by atoms with Gasteiger partial charge in [0.25, 0.3) is 0 Å². The van der Waals surface area contributed by atoms with Crippen LogP contribution < -0.4 is 0 Å². The Hall–Kier alpha value is -1.24. The average Bonchev–Trinajstić information content (AvgIpc) is 2.33. The summed E-state index contributed by atoms with van der Waals surface area (Å²) in [7, 11) is 0. The first-order valence-corrected chi connectivity index (χ1v) is 3.46. The Morgan fingerprint density at radius 1 is 1.82 bits per heavy atom. The molecule has 0 radical (unpaired) electrons. The molecule has 1 heterocycles. The fraction of sp³-hybridized carbons (Fsp3) is 0.714. The Balaban J connectivity index is 2.62. The smallest absolute Gasteiger partial charge is 0.407 e. The van der Waals surface area contributed by atoms with Gasteiger partial charge in [-0.25, -0.2) is 4.79 Å². The molecule has 4 nitrogen and oxygen atoms in total. The van der Waals surface area contributed by atoms with Gasteiger partial charge in [0.15, 0.2) is 0 Å². The Morgan fingerprint density at radius 3 is 2.73 bits per heavy atom. The third-order valence-electron chi connectivity index (χ3n) is 2.01. The van der Waals surface area contributed by atoms with Crippen molar-refractivity contribution in [2.75, 3.05) is 13.1 Å². The number of amides is 1. The van der Waals surface area contributed by atoms with Gasteiger partial charge in [0.2, 0.25) is 0 Å². The van der Waals surface area contributed by atoms with Crippen molar-refractivity contribution < 1.29 is 9.90 Å². The maximum Gasteiger partial charge on any atom is 0.407 e. The summed E-state index contributed by atoms with van der Waals surface area (Å²) in [5, 5.41) is 17.2. The van der Waals surface area contributed by atoms with Gasteiger partial charge in [0.05, 0.1) is 11.5 Å². The second-order valence-corrected chi connectivity index (χ2v) is 3.13. The summed E-state index contributed by atoms with van der Waals surface area (Å²) < 4.78 is 0. The summed E-state index contributed by atoms with van der Waals surface area (Å²) in [6.07, 6.45) is -0.278. The van der Waals surface area contributed by atoms with Crippen LogP contribution in [-0.4, -0.2) is 29.2 Å². The molecule has 0 bridgehead atoms. The number of hydrogen-bond acceptors (Lipinski definition) is 2. The number of carbonyl (C=O) groups is 1. The van der Waals surface area contributed by atoms with Crippen LogP contribution in [0.1, 0.15) is 13.3 Å². The molecule has 11 heavy (non-hydrogen) atoms. The molecule has 4 heteroatoms. The van der Waals surface area contributed by atoms with Crippen molar-refractivity contribution in [1.82, 2.24) is 4.90 Å². The van der Waals surface area contributed by atoms with E-state index in [1.165, 1.54) is 4.90 Å². The van der Waals surface area contributed by atoms with Crippen molar-refractivity contribution in [3.05, 3.63) is 0 Å². The summed E-state index contributed by atoms with van der Waals surface area (Å²) >= 11 is 0. The molecule has 1 N–H and O–H groups in total. The number of rotatable bonds is 0. The predicted octanol–water partition coefficient (Wildman–Crippen LogP) is 0.900. The SMILES string of the molecule is C[C@@]1(C#N)CCN(C(=O)O)C1. The lowest BCUT2D eigenvalue weighted by Gasteiger charge is -2.13. The molecule has 1 amide bonds. The predicted molar refractivity (Wildman–Crippen MR) is 37.9 cm³/mol. The first kappa shape index (κ1) is 7.86. The monoisotopic (exact) mass is 154 g/mol. The van der Waals surface area contributed by atoms with Crippen molar-refractivity contribution in [3.63, 3.8) is 0 Å². The van der Waals surface area contributed by atoms with E-state index < -0.39 is 11.5 Å². The zero-order valence-electron chi connectivity index (χ0n) is 6.37. The van der Waals surface area contributed by atoms with Crippen LogP contribution in [0.25, 0.3) is 0 Å². The topological polar surface area (TPSA) is 64.3 Å². The largest absolute Gasteiger partial charge is 0.465 e. The van der Waals surface area contributed by atoms with Gasteiger partial charge >= 0.3 is 6.09 Å². The van der Waals surface area contributed by atoms with Crippen molar-refractivity contribution in [3.8, 4) is 6.07 Å². The lowest BCUT2D eigenvalue weighted by molar-refractivity contribution is 0.152. The first-order chi connectivity index (χ1) is 5.07. The van der Waals surface area contributed by atoms with E-state index in [9.17, 15) is 4.79 Å². The van der Waals surface area contributed by atoms with Crippen LogP contribution in [0.2, 0.25) is 0 Å². The summed E-state index contributed by atoms with van der Waals surface area (Å²) in [4.78, 5) is 11.7. The summed E-state index contributed by atoms with van der Waals surface area (Å²) in [5.74, 6) is 0. The second-order valence-electron chi connectivity index (χ2n) is 3.13. The van der Waals surface area contributed by atoms with E-state index in [1.54, 1.807) is 6.92 Å². The van der Waals surface area contributed by atoms with Crippen LogP contribution in [0.5, 0.6) is 0 Å². The fourth-order valence-electron chi connectivity index (χ4n) is 1.22. The lowest BCUT2D eigenvalue weighted by atomic mass is 9.92. The molecule has 0 aromatic carbocycles. The van der Waals surface area contributed by atoms with Crippen LogP contribution in [-0.2, 0) is 0 Å². The molecule has 1 atom stereocenters. The van der Waals surface area contributed by atoms with E-state index in [-0.39, 0.29) is 0 Å². The summed E-state index contributed by atoms with van der Waals surface area (Å²) in [5.41, 5.74) is -0.460. The fourth-order valence-corrected chi connectivity index (χ4v) is 1.22. The standard InChI is InChI=1S/C7H10N2O2/c1-7(4-8)2-3-9(5-7)6(10)11/h2-3,5H2,1H3,(H,10,11)/t7-/m0/s1. The lowest BCUT2D eigenvalue weighted by Crippen LogP contribution is -2.28. The van der Waals surface area contributed by atoms with Crippen LogP contribution in [0, 0.1) is 16.7 Å². The third kappa shape index (κ3) is 1.43. The molecule has 0 aromatic heterocycles. The Bertz CT molecular complexity index is 221. The van der Waals surface area contributed by atoms with Crippen LogP contribution in [0.3, 0.4) is 0 Å². The average molecular weight is 154 g/mol. The Morgan fingerprint density at radius 2 is 2.45 bits per heavy atom. The van der Waals surface area contributed by atoms with E-state index in [2.05, 4.69) is 6.07 Å². The molecule has 0 aromatic rings. The van der Waals surface area contributed by atoms with Crippen LogP contribution >= 0.6 is 0 Å². The second kappa shape index (κ2) is 2.42.